The second-order valence-electron chi connectivity index (χ2n) is 3.44. The van der Waals surface area contributed by atoms with Crippen LogP contribution in [0.15, 0.2) is 24.5 Å². The summed E-state index contributed by atoms with van der Waals surface area (Å²) in [5, 5.41) is 13.4. The van der Waals surface area contributed by atoms with Gasteiger partial charge in [0.2, 0.25) is 0 Å². The van der Waals surface area contributed by atoms with Crippen molar-refractivity contribution in [3.8, 4) is 5.82 Å². The first-order valence-corrected chi connectivity index (χ1v) is 6.12. The zero-order valence-electron chi connectivity index (χ0n) is 8.89. The van der Waals surface area contributed by atoms with Gasteiger partial charge in [-0.2, -0.15) is 5.10 Å². The van der Waals surface area contributed by atoms with Gasteiger partial charge in [0.1, 0.15) is 0 Å². The van der Waals surface area contributed by atoms with Gasteiger partial charge in [0.15, 0.2) is 5.82 Å². The molecular formula is C11H12IN3O. The standard InChI is InChI=1S/C11H12IN3O/c1-2-10-3-8(7-16)4-11(14-10)15-6-9(12)5-13-15/h3-6,16H,2,7H2,1H3. The van der Waals surface area contributed by atoms with Crippen molar-refractivity contribution in [2.45, 2.75) is 20.0 Å². The van der Waals surface area contributed by atoms with Gasteiger partial charge in [-0.3, -0.25) is 0 Å². The molecule has 0 atom stereocenters. The van der Waals surface area contributed by atoms with E-state index in [0.29, 0.717) is 0 Å². The topological polar surface area (TPSA) is 50.9 Å². The molecule has 0 aliphatic rings. The number of nitrogens with zero attached hydrogens (tertiary/aromatic N) is 3. The van der Waals surface area contributed by atoms with Crippen molar-refractivity contribution >= 4 is 22.6 Å². The van der Waals surface area contributed by atoms with Gasteiger partial charge in [-0.15, -0.1) is 0 Å². The molecule has 16 heavy (non-hydrogen) atoms. The van der Waals surface area contributed by atoms with Crippen molar-refractivity contribution in [2.75, 3.05) is 0 Å². The highest BCUT2D eigenvalue weighted by Crippen LogP contribution is 2.12. The molecule has 4 nitrogen and oxygen atoms in total. The Labute approximate surface area is 107 Å². The molecule has 0 fully saturated rings. The molecule has 0 aromatic carbocycles. The van der Waals surface area contributed by atoms with E-state index in [4.69, 9.17) is 0 Å². The molecule has 2 rings (SSSR count). The van der Waals surface area contributed by atoms with Crippen LogP contribution in [0, 0.1) is 3.57 Å². The zero-order chi connectivity index (χ0) is 11.5. The fourth-order valence-corrected chi connectivity index (χ4v) is 1.84. The fraction of sp³-hybridized carbons (Fsp3) is 0.273. The molecule has 2 aromatic heterocycles. The molecule has 0 amide bonds. The predicted octanol–water partition coefficient (Wildman–Crippen LogP) is 1.93. The maximum atomic E-state index is 9.18. The summed E-state index contributed by atoms with van der Waals surface area (Å²) in [5.74, 6) is 0.756. The first kappa shape index (κ1) is 11.5. The Hall–Kier alpha value is -0.950. The number of aliphatic hydroxyl groups excluding tert-OH is 1. The Balaban J connectivity index is 2.47. The molecule has 1 N–H and O–H groups in total. The average molecular weight is 329 g/mol. The largest absolute Gasteiger partial charge is 0.392 e. The van der Waals surface area contributed by atoms with Crippen molar-refractivity contribution in [2.24, 2.45) is 0 Å². The van der Waals surface area contributed by atoms with Crippen LogP contribution in [0.25, 0.3) is 5.82 Å². The lowest BCUT2D eigenvalue weighted by molar-refractivity contribution is 0.281. The summed E-state index contributed by atoms with van der Waals surface area (Å²) in [5.41, 5.74) is 1.83. The van der Waals surface area contributed by atoms with Gasteiger partial charge < -0.3 is 5.11 Å². The molecule has 0 saturated heterocycles. The number of hydrogen-bond donors (Lipinski definition) is 1. The number of halogens is 1. The zero-order valence-corrected chi connectivity index (χ0v) is 11.0. The van der Waals surface area contributed by atoms with Crippen LogP contribution in [0.2, 0.25) is 0 Å². The van der Waals surface area contributed by atoms with Crippen LogP contribution in [0.5, 0.6) is 0 Å². The summed E-state index contributed by atoms with van der Waals surface area (Å²) >= 11 is 2.20. The minimum Gasteiger partial charge on any atom is -0.392 e. The first-order valence-electron chi connectivity index (χ1n) is 5.04. The van der Waals surface area contributed by atoms with E-state index in [-0.39, 0.29) is 6.61 Å². The van der Waals surface area contributed by atoms with Crippen LogP contribution in [0.1, 0.15) is 18.2 Å². The van der Waals surface area contributed by atoms with Crippen molar-refractivity contribution in [1.29, 1.82) is 0 Å². The molecule has 0 spiro atoms. The molecular weight excluding hydrogens is 317 g/mol. The Kier molecular flexibility index (Phi) is 3.55. The quantitative estimate of drug-likeness (QED) is 0.876. The lowest BCUT2D eigenvalue weighted by Gasteiger charge is -2.06. The number of rotatable bonds is 3. The number of hydrogen-bond acceptors (Lipinski definition) is 3. The second kappa shape index (κ2) is 4.92. The van der Waals surface area contributed by atoms with Gasteiger partial charge in [-0.05, 0) is 46.7 Å². The molecule has 0 unspecified atom stereocenters. The predicted molar refractivity (Wildman–Crippen MR) is 69.4 cm³/mol. The summed E-state index contributed by atoms with van der Waals surface area (Å²) in [6.45, 7) is 2.07. The SMILES string of the molecule is CCc1cc(CO)cc(-n2cc(I)cn2)n1. The molecule has 2 aromatic rings. The fourth-order valence-electron chi connectivity index (χ4n) is 1.45. The second-order valence-corrected chi connectivity index (χ2v) is 4.69. The van der Waals surface area contributed by atoms with E-state index < -0.39 is 0 Å². The molecule has 0 aliphatic carbocycles. The summed E-state index contributed by atoms with van der Waals surface area (Å²) in [6.07, 6.45) is 4.53. The molecule has 0 saturated carbocycles. The summed E-state index contributed by atoms with van der Waals surface area (Å²) in [6, 6.07) is 3.76. The molecule has 84 valence electrons. The van der Waals surface area contributed by atoms with E-state index in [0.717, 1.165) is 27.1 Å². The highest BCUT2D eigenvalue weighted by molar-refractivity contribution is 14.1. The van der Waals surface area contributed by atoms with E-state index >= 15 is 0 Å². The van der Waals surface area contributed by atoms with Gasteiger partial charge in [0, 0.05) is 11.9 Å². The smallest absolute Gasteiger partial charge is 0.153 e. The van der Waals surface area contributed by atoms with Crippen molar-refractivity contribution < 1.29 is 5.11 Å². The van der Waals surface area contributed by atoms with E-state index in [9.17, 15) is 5.11 Å². The lowest BCUT2D eigenvalue weighted by Crippen LogP contribution is -2.02. The molecule has 0 aliphatic heterocycles. The molecule has 2 heterocycles. The lowest BCUT2D eigenvalue weighted by atomic mass is 10.2. The van der Waals surface area contributed by atoms with Crippen molar-refractivity contribution in [1.82, 2.24) is 14.8 Å². The average Bonchev–Trinajstić information content (AvgIpc) is 2.75. The van der Waals surface area contributed by atoms with Crippen molar-refractivity contribution in [3.63, 3.8) is 0 Å². The van der Waals surface area contributed by atoms with Crippen LogP contribution in [-0.2, 0) is 13.0 Å². The molecule has 0 radical (unpaired) electrons. The van der Waals surface area contributed by atoms with E-state index in [2.05, 4.69) is 32.7 Å². The van der Waals surface area contributed by atoms with Crippen molar-refractivity contribution in [3.05, 3.63) is 39.4 Å². The minimum atomic E-state index is 0.0287. The Morgan fingerprint density at radius 1 is 1.44 bits per heavy atom. The van der Waals surface area contributed by atoms with E-state index in [1.54, 1.807) is 10.9 Å². The molecule has 0 bridgehead atoms. The number of aryl methyl sites for hydroxylation is 1. The first-order chi connectivity index (χ1) is 7.72. The Morgan fingerprint density at radius 2 is 2.25 bits per heavy atom. The van der Waals surface area contributed by atoms with E-state index in [1.165, 1.54) is 0 Å². The third-order valence-electron chi connectivity index (χ3n) is 2.26. The summed E-state index contributed by atoms with van der Waals surface area (Å²) < 4.78 is 2.78. The minimum absolute atomic E-state index is 0.0287. The maximum absolute atomic E-state index is 9.18. The Morgan fingerprint density at radius 3 is 2.81 bits per heavy atom. The Bertz CT molecular complexity index is 473. The van der Waals surface area contributed by atoms with Gasteiger partial charge in [0.05, 0.1) is 16.4 Å². The number of pyridine rings is 1. The summed E-state index contributed by atoms with van der Waals surface area (Å²) in [4.78, 5) is 4.47. The van der Waals surface area contributed by atoms with E-state index in [1.807, 2.05) is 25.3 Å². The third-order valence-corrected chi connectivity index (χ3v) is 2.81. The van der Waals surface area contributed by atoms with Gasteiger partial charge >= 0.3 is 0 Å². The number of aromatic nitrogens is 3. The van der Waals surface area contributed by atoms with Crippen LogP contribution in [-0.4, -0.2) is 19.9 Å². The van der Waals surface area contributed by atoms with Crippen LogP contribution in [0.4, 0.5) is 0 Å². The monoisotopic (exact) mass is 329 g/mol. The highest BCUT2D eigenvalue weighted by atomic mass is 127. The van der Waals surface area contributed by atoms with Gasteiger partial charge in [-0.25, -0.2) is 9.67 Å². The van der Waals surface area contributed by atoms with Crippen LogP contribution >= 0.6 is 22.6 Å². The summed E-state index contributed by atoms with van der Waals surface area (Å²) in [7, 11) is 0. The van der Waals surface area contributed by atoms with Gasteiger partial charge in [-0.1, -0.05) is 6.92 Å². The third kappa shape index (κ3) is 2.41. The molecule has 5 heteroatoms. The van der Waals surface area contributed by atoms with Crippen LogP contribution in [0.3, 0.4) is 0 Å². The maximum Gasteiger partial charge on any atom is 0.153 e. The number of aliphatic hydroxyl groups is 1. The van der Waals surface area contributed by atoms with Crippen LogP contribution < -0.4 is 0 Å². The normalized spacial score (nSPS) is 10.7. The van der Waals surface area contributed by atoms with Gasteiger partial charge in [0.25, 0.3) is 0 Å². The highest BCUT2D eigenvalue weighted by Gasteiger charge is 2.04.